The molecule has 0 unspecified atom stereocenters. The Morgan fingerprint density at radius 2 is 2.29 bits per heavy atom. The lowest BCUT2D eigenvalue weighted by molar-refractivity contribution is -0.137. The Kier molecular flexibility index (Phi) is 3.51. The standard InChI is InChI=1S/C11H10BrFO4/c12-10-6(2-1-3-9(14)15)7(13)4-8-11(10)17-5-16-8/h4H,1-3,5H2,(H,14,15). The average molecular weight is 305 g/mol. The largest absolute Gasteiger partial charge is 0.481 e. The molecule has 6 heteroatoms. The van der Waals surface area contributed by atoms with Gasteiger partial charge in [0.2, 0.25) is 6.79 Å². The van der Waals surface area contributed by atoms with Crippen LogP contribution in [0.15, 0.2) is 10.5 Å². The predicted molar refractivity (Wildman–Crippen MR) is 60.8 cm³/mol. The second kappa shape index (κ2) is 4.91. The molecule has 1 aromatic rings. The van der Waals surface area contributed by atoms with Gasteiger partial charge in [0.05, 0.1) is 4.47 Å². The van der Waals surface area contributed by atoms with E-state index in [0.29, 0.717) is 34.4 Å². The quantitative estimate of drug-likeness (QED) is 0.929. The van der Waals surface area contributed by atoms with Crippen molar-refractivity contribution in [2.75, 3.05) is 6.79 Å². The van der Waals surface area contributed by atoms with Crippen molar-refractivity contribution in [1.29, 1.82) is 0 Å². The highest BCUT2D eigenvalue weighted by molar-refractivity contribution is 9.10. The molecule has 17 heavy (non-hydrogen) atoms. The van der Waals surface area contributed by atoms with E-state index < -0.39 is 11.8 Å². The molecule has 0 atom stereocenters. The van der Waals surface area contributed by atoms with Gasteiger partial charge in [-0.15, -0.1) is 0 Å². The van der Waals surface area contributed by atoms with Gasteiger partial charge in [-0.3, -0.25) is 4.79 Å². The third kappa shape index (κ3) is 2.52. The van der Waals surface area contributed by atoms with Crippen molar-refractivity contribution >= 4 is 21.9 Å². The number of hydrogen-bond donors (Lipinski definition) is 1. The first-order valence-corrected chi connectivity index (χ1v) is 5.87. The molecule has 1 aliphatic heterocycles. The molecule has 0 saturated carbocycles. The maximum absolute atomic E-state index is 13.7. The van der Waals surface area contributed by atoms with E-state index in [1.165, 1.54) is 6.07 Å². The van der Waals surface area contributed by atoms with Crippen LogP contribution in [0.3, 0.4) is 0 Å². The first-order chi connectivity index (χ1) is 8.09. The minimum absolute atomic E-state index is 0.0142. The first kappa shape index (κ1) is 12.2. The van der Waals surface area contributed by atoms with Gasteiger partial charge in [-0.05, 0) is 28.8 Å². The van der Waals surface area contributed by atoms with Gasteiger partial charge in [-0.25, -0.2) is 4.39 Å². The molecule has 0 radical (unpaired) electrons. The van der Waals surface area contributed by atoms with Crippen LogP contribution in [0.4, 0.5) is 4.39 Å². The zero-order valence-corrected chi connectivity index (χ0v) is 10.4. The number of carbonyl (C=O) groups is 1. The summed E-state index contributed by atoms with van der Waals surface area (Å²) in [5, 5.41) is 8.53. The normalized spacial score (nSPS) is 12.8. The van der Waals surface area contributed by atoms with Gasteiger partial charge in [0.1, 0.15) is 5.82 Å². The van der Waals surface area contributed by atoms with Gasteiger partial charge < -0.3 is 14.6 Å². The maximum atomic E-state index is 13.7. The van der Waals surface area contributed by atoms with Crippen LogP contribution in [-0.2, 0) is 11.2 Å². The number of ether oxygens (including phenoxy) is 2. The lowest BCUT2D eigenvalue weighted by atomic mass is 10.1. The van der Waals surface area contributed by atoms with Crippen LogP contribution in [-0.4, -0.2) is 17.9 Å². The SMILES string of the molecule is O=C(O)CCCc1c(F)cc2c(c1Br)OCO2. The molecule has 0 amide bonds. The highest BCUT2D eigenvalue weighted by atomic mass is 79.9. The smallest absolute Gasteiger partial charge is 0.303 e. The topological polar surface area (TPSA) is 55.8 Å². The summed E-state index contributed by atoms with van der Waals surface area (Å²) in [6, 6.07) is 1.27. The summed E-state index contributed by atoms with van der Waals surface area (Å²) < 4.78 is 24.5. The molecule has 0 fully saturated rings. The number of aliphatic carboxylic acids is 1. The molecule has 1 N–H and O–H groups in total. The zero-order chi connectivity index (χ0) is 12.4. The minimum Gasteiger partial charge on any atom is -0.481 e. The summed E-state index contributed by atoms with van der Waals surface area (Å²) in [6.07, 6.45) is 0.736. The molecule has 2 rings (SSSR count). The van der Waals surface area contributed by atoms with Crippen LogP contribution >= 0.6 is 15.9 Å². The number of rotatable bonds is 4. The van der Waals surface area contributed by atoms with Crippen molar-refractivity contribution in [3.8, 4) is 11.5 Å². The Morgan fingerprint density at radius 3 is 3.00 bits per heavy atom. The van der Waals surface area contributed by atoms with Crippen LogP contribution in [0.5, 0.6) is 11.5 Å². The van der Waals surface area contributed by atoms with E-state index >= 15 is 0 Å². The predicted octanol–water partition coefficient (Wildman–Crippen LogP) is 2.72. The summed E-state index contributed by atoms with van der Waals surface area (Å²) in [7, 11) is 0. The first-order valence-electron chi connectivity index (χ1n) is 5.08. The van der Waals surface area contributed by atoms with Crippen LogP contribution < -0.4 is 9.47 Å². The highest BCUT2D eigenvalue weighted by Gasteiger charge is 2.22. The summed E-state index contributed by atoms with van der Waals surface area (Å²) in [5.41, 5.74) is 0.426. The Labute approximate surface area is 105 Å². The number of benzene rings is 1. The molecule has 1 aromatic carbocycles. The molecule has 1 heterocycles. The summed E-state index contributed by atoms with van der Waals surface area (Å²) >= 11 is 3.26. The molecule has 0 spiro atoms. The summed E-state index contributed by atoms with van der Waals surface area (Å²) in [6.45, 7) is 0.0753. The van der Waals surface area contributed by atoms with E-state index in [0.717, 1.165) is 0 Å². The third-order valence-corrected chi connectivity index (χ3v) is 3.31. The molecule has 92 valence electrons. The van der Waals surface area contributed by atoms with Crippen LogP contribution in [0.1, 0.15) is 18.4 Å². The molecule has 4 nitrogen and oxygen atoms in total. The molecule has 0 bridgehead atoms. The van der Waals surface area contributed by atoms with Crippen molar-refractivity contribution in [3.05, 3.63) is 21.9 Å². The van der Waals surface area contributed by atoms with Gasteiger partial charge in [0, 0.05) is 18.1 Å². The fourth-order valence-electron chi connectivity index (χ4n) is 1.66. The second-order valence-corrected chi connectivity index (χ2v) is 4.43. The van der Waals surface area contributed by atoms with E-state index in [1.54, 1.807) is 0 Å². The van der Waals surface area contributed by atoms with Gasteiger partial charge in [-0.2, -0.15) is 0 Å². The van der Waals surface area contributed by atoms with Crippen LogP contribution in [0.2, 0.25) is 0 Å². The number of carboxylic acid groups (broad SMARTS) is 1. The molecule has 1 aliphatic rings. The number of fused-ring (bicyclic) bond motifs is 1. The van der Waals surface area contributed by atoms with Gasteiger partial charge in [-0.1, -0.05) is 0 Å². The fraction of sp³-hybridized carbons (Fsp3) is 0.364. The number of hydrogen-bond acceptors (Lipinski definition) is 3. The molecule has 0 aromatic heterocycles. The van der Waals surface area contributed by atoms with Crippen molar-refractivity contribution < 1.29 is 23.8 Å². The van der Waals surface area contributed by atoms with E-state index in [4.69, 9.17) is 14.6 Å². The summed E-state index contributed by atoms with van der Waals surface area (Å²) in [5.74, 6) is -0.443. The lowest BCUT2D eigenvalue weighted by Gasteiger charge is -2.08. The highest BCUT2D eigenvalue weighted by Crippen LogP contribution is 2.42. The average Bonchev–Trinajstić information content (AvgIpc) is 2.70. The Bertz CT molecular complexity index is 461. The van der Waals surface area contributed by atoms with Crippen LogP contribution in [0.25, 0.3) is 0 Å². The molecule has 0 saturated heterocycles. The maximum Gasteiger partial charge on any atom is 0.303 e. The van der Waals surface area contributed by atoms with E-state index in [1.807, 2.05) is 0 Å². The number of carboxylic acids is 1. The molecule has 0 aliphatic carbocycles. The van der Waals surface area contributed by atoms with E-state index in [9.17, 15) is 9.18 Å². The minimum atomic E-state index is -0.887. The van der Waals surface area contributed by atoms with Crippen molar-refractivity contribution in [2.45, 2.75) is 19.3 Å². The molecular weight excluding hydrogens is 295 g/mol. The van der Waals surface area contributed by atoms with Gasteiger partial charge in [0.25, 0.3) is 0 Å². The van der Waals surface area contributed by atoms with Gasteiger partial charge in [0.15, 0.2) is 11.5 Å². The van der Waals surface area contributed by atoms with Crippen molar-refractivity contribution in [2.24, 2.45) is 0 Å². The summed E-state index contributed by atoms with van der Waals surface area (Å²) in [4.78, 5) is 10.4. The fourth-order valence-corrected chi connectivity index (χ4v) is 2.35. The van der Waals surface area contributed by atoms with Crippen molar-refractivity contribution in [1.82, 2.24) is 0 Å². The Balaban J connectivity index is 2.19. The second-order valence-electron chi connectivity index (χ2n) is 3.63. The van der Waals surface area contributed by atoms with Crippen molar-refractivity contribution in [3.63, 3.8) is 0 Å². The van der Waals surface area contributed by atoms with Crippen LogP contribution in [0, 0.1) is 5.82 Å². The Morgan fingerprint density at radius 1 is 1.53 bits per heavy atom. The van der Waals surface area contributed by atoms with E-state index in [2.05, 4.69) is 15.9 Å². The zero-order valence-electron chi connectivity index (χ0n) is 8.83. The van der Waals surface area contributed by atoms with Gasteiger partial charge >= 0.3 is 5.97 Å². The lowest BCUT2D eigenvalue weighted by Crippen LogP contribution is -1.99. The number of halogens is 2. The molecular formula is C11H10BrFO4. The monoisotopic (exact) mass is 304 g/mol. The third-order valence-electron chi connectivity index (χ3n) is 2.47. The van der Waals surface area contributed by atoms with E-state index in [-0.39, 0.29) is 13.2 Å². The Hall–Kier alpha value is -1.30.